The molecule has 1 aromatic heterocycles. The standard InChI is InChI=1S/C18H21N3O/c1-13-11-15(13)18(22)20-8-7-17-19-12-16(21(17)10-9-20)14-5-3-2-4-6-14/h2-6,12-13,15H,7-11H2,1H3/t13-,15+/m1/s1. The van der Waals surface area contributed by atoms with E-state index in [1.807, 2.05) is 17.2 Å². The maximum Gasteiger partial charge on any atom is 0.226 e. The van der Waals surface area contributed by atoms with Gasteiger partial charge in [-0.2, -0.15) is 0 Å². The Morgan fingerprint density at radius 2 is 1.95 bits per heavy atom. The first-order valence-corrected chi connectivity index (χ1v) is 8.12. The second-order valence-corrected chi connectivity index (χ2v) is 6.47. The smallest absolute Gasteiger partial charge is 0.226 e. The van der Waals surface area contributed by atoms with E-state index in [2.05, 4.69) is 40.7 Å². The number of hydrogen-bond acceptors (Lipinski definition) is 2. The molecule has 1 amide bonds. The third-order valence-corrected chi connectivity index (χ3v) is 4.94. The van der Waals surface area contributed by atoms with Crippen LogP contribution in [0.4, 0.5) is 0 Å². The Kier molecular flexibility index (Phi) is 3.25. The van der Waals surface area contributed by atoms with Crippen LogP contribution in [0.2, 0.25) is 0 Å². The molecule has 1 fully saturated rings. The number of carbonyl (C=O) groups is 1. The summed E-state index contributed by atoms with van der Waals surface area (Å²) in [5.41, 5.74) is 2.35. The van der Waals surface area contributed by atoms with Gasteiger partial charge in [0.05, 0.1) is 11.9 Å². The third kappa shape index (κ3) is 2.32. The summed E-state index contributed by atoms with van der Waals surface area (Å²) in [6.07, 6.45) is 3.87. The summed E-state index contributed by atoms with van der Waals surface area (Å²) in [5.74, 6) is 2.30. The first kappa shape index (κ1) is 13.6. The Morgan fingerprint density at radius 1 is 1.18 bits per heavy atom. The molecule has 1 saturated carbocycles. The van der Waals surface area contributed by atoms with E-state index in [0.717, 1.165) is 44.0 Å². The maximum absolute atomic E-state index is 12.4. The van der Waals surface area contributed by atoms with E-state index in [9.17, 15) is 4.79 Å². The minimum atomic E-state index is 0.277. The average molecular weight is 295 g/mol. The Morgan fingerprint density at radius 3 is 2.68 bits per heavy atom. The highest BCUT2D eigenvalue weighted by molar-refractivity contribution is 5.81. The van der Waals surface area contributed by atoms with Crippen molar-refractivity contribution in [3.63, 3.8) is 0 Å². The van der Waals surface area contributed by atoms with Crippen molar-refractivity contribution in [2.45, 2.75) is 26.3 Å². The molecular weight excluding hydrogens is 274 g/mol. The zero-order chi connectivity index (χ0) is 15.1. The predicted molar refractivity (Wildman–Crippen MR) is 85.2 cm³/mol. The van der Waals surface area contributed by atoms with Crippen LogP contribution >= 0.6 is 0 Å². The number of aromatic nitrogens is 2. The number of hydrogen-bond donors (Lipinski definition) is 0. The van der Waals surface area contributed by atoms with Crippen molar-refractivity contribution in [2.24, 2.45) is 11.8 Å². The quantitative estimate of drug-likeness (QED) is 0.854. The Balaban J connectivity index is 1.55. The molecule has 1 aliphatic carbocycles. The first-order chi connectivity index (χ1) is 10.7. The molecule has 114 valence electrons. The normalized spacial score (nSPS) is 23.8. The van der Waals surface area contributed by atoms with Gasteiger partial charge in [0.1, 0.15) is 5.82 Å². The molecule has 0 unspecified atom stereocenters. The zero-order valence-corrected chi connectivity index (χ0v) is 12.9. The lowest BCUT2D eigenvalue weighted by molar-refractivity contribution is -0.132. The molecule has 1 aliphatic heterocycles. The summed E-state index contributed by atoms with van der Waals surface area (Å²) < 4.78 is 2.28. The van der Waals surface area contributed by atoms with Gasteiger partial charge in [-0.15, -0.1) is 0 Å². The Labute approximate surface area is 130 Å². The number of nitrogens with zero attached hydrogens (tertiary/aromatic N) is 3. The molecule has 0 saturated heterocycles. The second kappa shape index (κ2) is 5.27. The monoisotopic (exact) mass is 295 g/mol. The second-order valence-electron chi connectivity index (χ2n) is 6.47. The fourth-order valence-corrected chi connectivity index (χ4v) is 3.39. The largest absolute Gasteiger partial charge is 0.340 e. The average Bonchev–Trinajstić information content (AvgIpc) is 3.21. The van der Waals surface area contributed by atoms with Crippen LogP contribution in [0.15, 0.2) is 36.5 Å². The van der Waals surface area contributed by atoms with Crippen molar-refractivity contribution in [3.8, 4) is 11.3 Å². The number of rotatable bonds is 2. The van der Waals surface area contributed by atoms with Crippen molar-refractivity contribution in [1.82, 2.24) is 14.5 Å². The van der Waals surface area contributed by atoms with Gasteiger partial charge >= 0.3 is 0 Å². The van der Waals surface area contributed by atoms with Gasteiger partial charge in [-0.05, 0) is 17.9 Å². The summed E-state index contributed by atoms with van der Waals surface area (Å²) in [4.78, 5) is 19.1. The molecule has 2 aliphatic rings. The van der Waals surface area contributed by atoms with Crippen LogP contribution in [-0.2, 0) is 17.8 Å². The first-order valence-electron chi connectivity index (χ1n) is 8.12. The highest BCUT2D eigenvalue weighted by Gasteiger charge is 2.41. The van der Waals surface area contributed by atoms with Crippen molar-refractivity contribution in [3.05, 3.63) is 42.4 Å². The molecule has 0 N–H and O–H groups in total. The van der Waals surface area contributed by atoms with Crippen molar-refractivity contribution in [1.29, 1.82) is 0 Å². The molecule has 22 heavy (non-hydrogen) atoms. The minimum absolute atomic E-state index is 0.277. The van der Waals surface area contributed by atoms with Crippen molar-refractivity contribution < 1.29 is 4.79 Å². The van der Waals surface area contributed by atoms with E-state index in [0.29, 0.717) is 11.8 Å². The topological polar surface area (TPSA) is 38.1 Å². The molecule has 2 heterocycles. The fourth-order valence-electron chi connectivity index (χ4n) is 3.39. The van der Waals surface area contributed by atoms with Crippen LogP contribution in [-0.4, -0.2) is 33.4 Å². The van der Waals surface area contributed by atoms with E-state index in [-0.39, 0.29) is 5.92 Å². The molecular formula is C18H21N3O. The van der Waals surface area contributed by atoms with E-state index >= 15 is 0 Å². The molecule has 4 heteroatoms. The van der Waals surface area contributed by atoms with Gasteiger partial charge in [-0.3, -0.25) is 4.79 Å². The number of fused-ring (bicyclic) bond motifs is 1. The van der Waals surface area contributed by atoms with Gasteiger partial charge < -0.3 is 9.47 Å². The van der Waals surface area contributed by atoms with Gasteiger partial charge in [-0.1, -0.05) is 37.3 Å². The number of imidazole rings is 1. The summed E-state index contributed by atoms with van der Waals surface area (Å²) >= 11 is 0. The number of benzene rings is 1. The lowest BCUT2D eigenvalue weighted by Gasteiger charge is -2.20. The summed E-state index contributed by atoms with van der Waals surface area (Å²) in [6.45, 7) is 4.60. The van der Waals surface area contributed by atoms with Crippen LogP contribution in [0.1, 0.15) is 19.2 Å². The summed E-state index contributed by atoms with van der Waals surface area (Å²) in [6, 6.07) is 10.4. The van der Waals surface area contributed by atoms with E-state index < -0.39 is 0 Å². The highest BCUT2D eigenvalue weighted by Crippen LogP contribution is 2.39. The minimum Gasteiger partial charge on any atom is -0.340 e. The molecule has 2 atom stereocenters. The zero-order valence-electron chi connectivity index (χ0n) is 12.9. The lowest BCUT2D eigenvalue weighted by Crippen LogP contribution is -2.35. The SMILES string of the molecule is C[C@@H]1C[C@@H]1C(=O)N1CCc2ncc(-c3ccccc3)n2CC1. The van der Waals surface area contributed by atoms with Gasteiger partial charge in [-0.25, -0.2) is 4.98 Å². The predicted octanol–water partition coefficient (Wildman–Crippen LogP) is 2.59. The summed E-state index contributed by atoms with van der Waals surface area (Å²) in [7, 11) is 0. The van der Waals surface area contributed by atoms with Crippen LogP contribution in [0.3, 0.4) is 0 Å². The van der Waals surface area contributed by atoms with E-state index in [1.54, 1.807) is 0 Å². The maximum atomic E-state index is 12.4. The van der Waals surface area contributed by atoms with Crippen LogP contribution in [0.25, 0.3) is 11.3 Å². The van der Waals surface area contributed by atoms with Crippen molar-refractivity contribution >= 4 is 5.91 Å². The third-order valence-electron chi connectivity index (χ3n) is 4.94. The molecule has 4 nitrogen and oxygen atoms in total. The van der Waals surface area contributed by atoms with Crippen molar-refractivity contribution in [2.75, 3.05) is 13.1 Å². The fraction of sp³-hybridized carbons (Fsp3) is 0.444. The number of amides is 1. The van der Waals surface area contributed by atoms with E-state index in [1.165, 1.54) is 5.56 Å². The van der Waals surface area contributed by atoms with Gasteiger partial charge in [0.25, 0.3) is 0 Å². The molecule has 0 spiro atoms. The van der Waals surface area contributed by atoms with Gasteiger partial charge in [0.2, 0.25) is 5.91 Å². The van der Waals surface area contributed by atoms with Crippen LogP contribution < -0.4 is 0 Å². The molecule has 4 rings (SSSR count). The van der Waals surface area contributed by atoms with Crippen LogP contribution in [0.5, 0.6) is 0 Å². The van der Waals surface area contributed by atoms with Gasteiger partial charge in [0.15, 0.2) is 0 Å². The number of carbonyl (C=O) groups excluding carboxylic acids is 1. The van der Waals surface area contributed by atoms with E-state index in [4.69, 9.17) is 0 Å². The Hall–Kier alpha value is -2.10. The molecule has 1 aromatic carbocycles. The molecule has 0 radical (unpaired) electrons. The molecule has 0 bridgehead atoms. The lowest BCUT2D eigenvalue weighted by atomic mass is 10.2. The van der Waals surface area contributed by atoms with Gasteiger partial charge in [0, 0.05) is 32.0 Å². The summed E-state index contributed by atoms with van der Waals surface area (Å²) in [5, 5.41) is 0. The highest BCUT2D eigenvalue weighted by atomic mass is 16.2. The molecule has 2 aromatic rings. The van der Waals surface area contributed by atoms with Crippen LogP contribution in [0, 0.1) is 11.8 Å². The Bertz CT molecular complexity index is 692.